The van der Waals surface area contributed by atoms with E-state index in [0.29, 0.717) is 17.9 Å². The normalized spacial score (nSPS) is 26.6. The highest BCUT2D eigenvalue weighted by Gasteiger charge is 2.46. The number of aromatic nitrogens is 1. The molecule has 2 saturated heterocycles. The third-order valence-corrected chi connectivity index (χ3v) is 5.69. The Kier molecular flexibility index (Phi) is 4.10. The number of halogens is 1. The van der Waals surface area contributed by atoms with Crippen LogP contribution in [0.3, 0.4) is 0 Å². The molecular formula is C19H22ClN3O. The van der Waals surface area contributed by atoms with Gasteiger partial charge < -0.3 is 9.64 Å². The van der Waals surface area contributed by atoms with Crippen LogP contribution in [0.1, 0.15) is 11.6 Å². The fourth-order valence-corrected chi connectivity index (χ4v) is 4.58. The first-order chi connectivity index (χ1) is 11.7. The van der Waals surface area contributed by atoms with Gasteiger partial charge in [-0.2, -0.15) is 0 Å². The van der Waals surface area contributed by atoms with Crippen molar-refractivity contribution in [3.8, 4) is 5.75 Å². The van der Waals surface area contributed by atoms with E-state index in [1.807, 2.05) is 18.3 Å². The van der Waals surface area contributed by atoms with Crippen LogP contribution in [0.2, 0.25) is 5.02 Å². The van der Waals surface area contributed by atoms with E-state index in [2.05, 4.69) is 46.1 Å². The monoisotopic (exact) mass is 343 g/mol. The topological polar surface area (TPSA) is 28.6 Å². The Bertz CT molecular complexity index is 721. The summed E-state index contributed by atoms with van der Waals surface area (Å²) >= 11 is 6.35. The smallest absolute Gasteiger partial charge is 0.147 e. The highest BCUT2D eigenvalue weighted by Crippen LogP contribution is 2.45. The van der Waals surface area contributed by atoms with E-state index in [4.69, 9.17) is 16.3 Å². The number of rotatable bonds is 3. The molecule has 2 aromatic rings. The number of fused-ring (bicyclic) bond motifs is 1. The molecule has 0 unspecified atom stereocenters. The molecule has 0 aliphatic carbocycles. The van der Waals surface area contributed by atoms with Gasteiger partial charge >= 0.3 is 0 Å². The van der Waals surface area contributed by atoms with Crippen molar-refractivity contribution in [2.24, 2.45) is 11.8 Å². The lowest BCUT2D eigenvalue weighted by Gasteiger charge is -2.27. The van der Waals surface area contributed by atoms with Gasteiger partial charge in [-0.05, 0) is 42.8 Å². The molecule has 0 spiro atoms. The zero-order chi connectivity index (χ0) is 16.7. The molecule has 2 aliphatic heterocycles. The fourth-order valence-electron chi connectivity index (χ4n) is 4.34. The third-order valence-electron chi connectivity index (χ3n) is 5.39. The van der Waals surface area contributed by atoms with E-state index in [9.17, 15) is 0 Å². The average Bonchev–Trinajstić information content (AvgIpc) is 3.12. The lowest BCUT2D eigenvalue weighted by molar-refractivity contribution is 0.279. The second-order valence-corrected chi connectivity index (χ2v) is 7.20. The van der Waals surface area contributed by atoms with Crippen molar-refractivity contribution in [2.75, 3.05) is 38.7 Å². The number of likely N-dealkylation sites (tertiary alicyclic amines) is 1. The fraction of sp³-hybridized carbons (Fsp3) is 0.421. The molecule has 1 aromatic carbocycles. The van der Waals surface area contributed by atoms with Crippen LogP contribution in [-0.4, -0.2) is 43.7 Å². The predicted octanol–water partition coefficient (Wildman–Crippen LogP) is 3.48. The summed E-state index contributed by atoms with van der Waals surface area (Å²) in [6.45, 7) is 3.14. The number of pyridine rings is 1. The molecule has 0 radical (unpaired) electrons. The standard InChI is InChI=1S/C19H22ClN3O/c1-22-10-14-11-23(19-17(20)4-3-9-21-19)12-16(14)18(22)13-5-7-15(24-2)8-6-13/h3-9,14,16,18H,10-12H2,1-2H3/t14-,16+,18+/m0/s1. The van der Waals surface area contributed by atoms with Crippen LogP contribution in [-0.2, 0) is 0 Å². The van der Waals surface area contributed by atoms with Crippen LogP contribution in [0.5, 0.6) is 5.75 Å². The molecule has 2 aliphatic rings. The maximum absolute atomic E-state index is 6.35. The molecule has 0 amide bonds. The first-order valence-electron chi connectivity index (χ1n) is 8.37. The van der Waals surface area contributed by atoms with E-state index in [1.54, 1.807) is 7.11 Å². The average molecular weight is 344 g/mol. The van der Waals surface area contributed by atoms with Crippen molar-refractivity contribution in [2.45, 2.75) is 6.04 Å². The lowest BCUT2D eigenvalue weighted by atomic mass is 9.89. The lowest BCUT2D eigenvalue weighted by Crippen LogP contribution is -2.29. The Morgan fingerprint density at radius 3 is 2.62 bits per heavy atom. The van der Waals surface area contributed by atoms with Crippen molar-refractivity contribution >= 4 is 17.4 Å². The van der Waals surface area contributed by atoms with Crippen LogP contribution in [0.15, 0.2) is 42.6 Å². The molecule has 4 nitrogen and oxygen atoms in total. The molecule has 5 heteroatoms. The molecule has 0 N–H and O–H groups in total. The summed E-state index contributed by atoms with van der Waals surface area (Å²) in [5, 5.41) is 0.742. The van der Waals surface area contributed by atoms with Gasteiger partial charge in [0.15, 0.2) is 0 Å². The number of hydrogen-bond acceptors (Lipinski definition) is 4. The number of anilines is 1. The Morgan fingerprint density at radius 2 is 1.92 bits per heavy atom. The van der Waals surface area contributed by atoms with Crippen molar-refractivity contribution in [3.05, 3.63) is 53.2 Å². The van der Waals surface area contributed by atoms with E-state index < -0.39 is 0 Å². The third kappa shape index (κ3) is 2.64. The van der Waals surface area contributed by atoms with Crippen LogP contribution in [0.4, 0.5) is 5.82 Å². The molecule has 0 bridgehead atoms. The van der Waals surface area contributed by atoms with Gasteiger partial charge in [-0.3, -0.25) is 4.90 Å². The van der Waals surface area contributed by atoms with Crippen molar-refractivity contribution in [1.29, 1.82) is 0 Å². The van der Waals surface area contributed by atoms with E-state index in [0.717, 1.165) is 36.2 Å². The van der Waals surface area contributed by atoms with Crippen LogP contribution >= 0.6 is 11.6 Å². The summed E-state index contributed by atoms with van der Waals surface area (Å²) in [4.78, 5) is 9.32. The van der Waals surface area contributed by atoms with Gasteiger partial charge in [-0.25, -0.2) is 4.98 Å². The number of ether oxygens (including phenoxy) is 1. The van der Waals surface area contributed by atoms with Crippen molar-refractivity contribution in [3.63, 3.8) is 0 Å². The Hall–Kier alpha value is -1.78. The first-order valence-corrected chi connectivity index (χ1v) is 8.75. The van der Waals surface area contributed by atoms with Gasteiger partial charge in [-0.15, -0.1) is 0 Å². The highest BCUT2D eigenvalue weighted by atomic mass is 35.5. The maximum Gasteiger partial charge on any atom is 0.147 e. The molecular weight excluding hydrogens is 322 g/mol. The predicted molar refractivity (Wildman–Crippen MR) is 96.8 cm³/mol. The number of benzene rings is 1. The Morgan fingerprint density at radius 1 is 1.12 bits per heavy atom. The number of hydrogen-bond donors (Lipinski definition) is 0. The number of methoxy groups -OCH3 is 1. The van der Waals surface area contributed by atoms with Crippen LogP contribution < -0.4 is 9.64 Å². The zero-order valence-electron chi connectivity index (χ0n) is 14.0. The van der Waals surface area contributed by atoms with E-state index in [1.165, 1.54) is 5.56 Å². The Labute approximate surface area is 148 Å². The molecule has 3 heterocycles. The Balaban J connectivity index is 1.58. The minimum absolute atomic E-state index is 0.438. The molecule has 0 saturated carbocycles. The summed E-state index contributed by atoms with van der Waals surface area (Å²) in [6, 6.07) is 12.7. The first kappa shape index (κ1) is 15.7. The van der Waals surface area contributed by atoms with Gasteiger partial charge in [0.05, 0.1) is 12.1 Å². The minimum atomic E-state index is 0.438. The van der Waals surface area contributed by atoms with Crippen LogP contribution in [0, 0.1) is 11.8 Å². The highest BCUT2D eigenvalue weighted by molar-refractivity contribution is 6.32. The summed E-state index contributed by atoms with van der Waals surface area (Å²) < 4.78 is 5.29. The molecule has 126 valence electrons. The van der Waals surface area contributed by atoms with Crippen LogP contribution in [0.25, 0.3) is 0 Å². The molecule has 24 heavy (non-hydrogen) atoms. The van der Waals surface area contributed by atoms with E-state index in [-0.39, 0.29) is 0 Å². The molecule has 2 fully saturated rings. The summed E-state index contributed by atoms with van der Waals surface area (Å²) in [7, 11) is 3.93. The molecule has 4 rings (SSSR count). The van der Waals surface area contributed by atoms with Gasteiger partial charge in [0.2, 0.25) is 0 Å². The van der Waals surface area contributed by atoms with Crippen molar-refractivity contribution in [1.82, 2.24) is 9.88 Å². The second kappa shape index (κ2) is 6.26. The van der Waals surface area contributed by atoms with Crippen molar-refractivity contribution < 1.29 is 4.74 Å². The summed E-state index contributed by atoms with van der Waals surface area (Å²) in [6.07, 6.45) is 1.82. The van der Waals surface area contributed by atoms with Gasteiger partial charge in [0.1, 0.15) is 11.6 Å². The van der Waals surface area contributed by atoms with E-state index >= 15 is 0 Å². The molecule has 3 atom stereocenters. The zero-order valence-corrected chi connectivity index (χ0v) is 14.8. The van der Waals surface area contributed by atoms with Gasteiger partial charge in [0.25, 0.3) is 0 Å². The molecule has 1 aromatic heterocycles. The quantitative estimate of drug-likeness (QED) is 0.853. The number of nitrogens with zero attached hydrogens (tertiary/aromatic N) is 3. The largest absolute Gasteiger partial charge is 0.497 e. The van der Waals surface area contributed by atoms with Gasteiger partial charge in [-0.1, -0.05) is 23.7 Å². The summed E-state index contributed by atoms with van der Waals surface area (Å²) in [5.41, 5.74) is 1.36. The summed E-state index contributed by atoms with van der Waals surface area (Å²) in [5.74, 6) is 3.08. The minimum Gasteiger partial charge on any atom is -0.497 e. The second-order valence-electron chi connectivity index (χ2n) is 6.80. The SMILES string of the molecule is COc1ccc([C@@H]2[C@@H]3CN(c4ncccc4Cl)C[C@@H]3CN2C)cc1. The van der Waals surface area contributed by atoms with Gasteiger partial charge in [0, 0.05) is 37.8 Å². The maximum atomic E-state index is 6.35.